The van der Waals surface area contributed by atoms with Gasteiger partial charge in [-0.05, 0) is 32.9 Å². The van der Waals surface area contributed by atoms with Crippen molar-refractivity contribution >= 4 is 17.7 Å². The maximum atomic E-state index is 12.0. The van der Waals surface area contributed by atoms with Crippen LogP contribution in [0, 0.1) is 0 Å². The van der Waals surface area contributed by atoms with Crippen LogP contribution in [0.1, 0.15) is 48.1 Å². The van der Waals surface area contributed by atoms with Crippen molar-refractivity contribution in [2.45, 2.75) is 33.3 Å². The van der Waals surface area contributed by atoms with Crippen LogP contribution in [0.4, 0.5) is 0 Å². The van der Waals surface area contributed by atoms with Crippen molar-refractivity contribution < 1.29 is 23.5 Å². The number of esters is 1. The van der Waals surface area contributed by atoms with E-state index in [1.54, 1.807) is 50.2 Å². The maximum Gasteiger partial charge on any atom is 0.307 e. The van der Waals surface area contributed by atoms with Crippen LogP contribution in [-0.4, -0.2) is 30.3 Å². The predicted octanol–water partition coefficient (Wildman–Crippen LogP) is 3.22. The Bertz CT molecular complexity index is 758. The molecule has 0 saturated carbocycles. The van der Waals surface area contributed by atoms with E-state index in [-0.39, 0.29) is 36.6 Å². The zero-order chi connectivity index (χ0) is 18.4. The summed E-state index contributed by atoms with van der Waals surface area (Å²) in [5.41, 5.74) is 1.38. The van der Waals surface area contributed by atoms with Crippen molar-refractivity contribution in [3.05, 3.63) is 47.7 Å². The highest BCUT2D eigenvalue weighted by atomic mass is 16.5. The van der Waals surface area contributed by atoms with E-state index >= 15 is 0 Å². The van der Waals surface area contributed by atoms with Crippen molar-refractivity contribution in [3.63, 3.8) is 0 Å². The summed E-state index contributed by atoms with van der Waals surface area (Å²) in [4.78, 5) is 34.7. The van der Waals surface area contributed by atoms with Gasteiger partial charge in [0.25, 0.3) is 5.91 Å². The van der Waals surface area contributed by atoms with Gasteiger partial charge in [-0.15, -0.1) is 0 Å². The number of ketones is 1. The molecule has 0 saturated heterocycles. The Kier molecular flexibility index (Phi) is 6.11. The first-order valence-corrected chi connectivity index (χ1v) is 8.05. The number of rotatable bonds is 7. The minimum absolute atomic E-state index is 0.0120. The summed E-state index contributed by atoms with van der Waals surface area (Å²) in [5, 5.41) is 2.61. The highest BCUT2D eigenvalue weighted by Crippen LogP contribution is 2.22. The van der Waals surface area contributed by atoms with Gasteiger partial charge in [0, 0.05) is 17.7 Å². The molecule has 0 spiro atoms. The van der Waals surface area contributed by atoms with Gasteiger partial charge >= 0.3 is 5.97 Å². The van der Waals surface area contributed by atoms with Crippen LogP contribution in [0.5, 0.6) is 0 Å². The third-order valence-corrected chi connectivity index (χ3v) is 3.39. The smallest absolute Gasteiger partial charge is 0.307 e. The quantitative estimate of drug-likeness (QED) is 0.616. The summed E-state index contributed by atoms with van der Waals surface area (Å²) < 4.78 is 10.5. The molecule has 0 unspecified atom stereocenters. The van der Waals surface area contributed by atoms with E-state index in [0.717, 1.165) is 5.56 Å². The molecule has 1 heterocycles. The number of benzene rings is 1. The van der Waals surface area contributed by atoms with Gasteiger partial charge in [0.05, 0.1) is 12.5 Å². The number of Topliss-reactive ketones (excluding diaryl/α,β-unsaturated/α-hetero) is 1. The van der Waals surface area contributed by atoms with Crippen LogP contribution in [0.25, 0.3) is 11.3 Å². The molecule has 0 bridgehead atoms. The lowest BCUT2D eigenvalue weighted by Gasteiger charge is -2.07. The second-order valence-electron chi connectivity index (χ2n) is 5.84. The van der Waals surface area contributed by atoms with Crippen LogP contribution in [0.2, 0.25) is 0 Å². The molecule has 25 heavy (non-hydrogen) atoms. The average Bonchev–Trinajstić information content (AvgIpc) is 3.04. The van der Waals surface area contributed by atoms with E-state index in [1.807, 2.05) is 0 Å². The Morgan fingerprint density at radius 1 is 1.08 bits per heavy atom. The molecule has 6 nitrogen and oxygen atoms in total. The number of ether oxygens (including phenoxy) is 1. The second-order valence-corrected chi connectivity index (χ2v) is 5.84. The number of hydrogen-bond acceptors (Lipinski definition) is 5. The molecule has 2 rings (SSSR count). The van der Waals surface area contributed by atoms with Gasteiger partial charge in [-0.25, -0.2) is 0 Å². The van der Waals surface area contributed by atoms with Gasteiger partial charge in [0.15, 0.2) is 11.5 Å². The van der Waals surface area contributed by atoms with Gasteiger partial charge < -0.3 is 14.5 Å². The molecule has 0 fully saturated rings. The van der Waals surface area contributed by atoms with E-state index in [4.69, 9.17) is 9.15 Å². The summed E-state index contributed by atoms with van der Waals surface area (Å²) in [5.74, 6) is -0.0886. The van der Waals surface area contributed by atoms with Crippen molar-refractivity contribution in [2.75, 3.05) is 6.54 Å². The largest absolute Gasteiger partial charge is 0.463 e. The number of carbonyl (C=O) groups excluding carboxylic acids is 3. The van der Waals surface area contributed by atoms with E-state index in [9.17, 15) is 14.4 Å². The molecule has 2 aromatic rings. The Balaban J connectivity index is 1.92. The topological polar surface area (TPSA) is 85.6 Å². The van der Waals surface area contributed by atoms with E-state index < -0.39 is 5.91 Å². The van der Waals surface area contributed by atoms with E-state index in [0.29, 0.717) is 11.3 Å². The first-order valence-electron chi connectivity index (χ1n) is 8.05. The molecule has 132 valence electrons. The summed E-state index contributed by atoms with van der Waals surface area (Å²) >= 11 is 0. The molecule has 1 aromatic carbocycles. The number of carbonyl (C=O) groups is 3. The summed E-state index contributed by atoms with van der Waals surface area (Å²) in [6.07, 6.45) is -0.0745. The Labute approximate surface area is 146 Å². The highest BCUT2D eigenvalue weighted by molar-refractivity contribution is 5.94. The normalized spacial score (nSPS) is 10.6. The van der Waals surface area contributed by atoms with Crippen LogP contribution >= 0.6 is 0 Å². The van der Waals surface area contributed by atoms with Gasteiger partial charge in [0.2, 0.25) is 0 Å². The molecule has 0 atom stereocenters. The Morgan fingerprint density at radius 3 is 2.36 bits per heavy atom. The molecule has 1 aromatic heterocycles. The SMILES string of the molecule is CC(=O)c1ccc(-c2ccc(C(=O)NCCC(=O)OC(C)C)o2)cc1. The lowest BCUT2D eigenvalue weighted by Crippen LogP contribution is -2.26. The summed E-state index contributed by atoms with van der Waals surface area (Å²) in [6, 6.07) is 10.2. The molecule has 0 aliphatic heterocycles. The predicted molar refractivity (Wildman–Crippen MR) is 92.3 cm³/mol. The fourth-order valence-electron chi connectivity index (χ4n) is 2.17. The van der Waals surface area contributed by atoms with Gasteiger partial charge in [-0.3, -0.25) is 14.4 Å². The zero-order valence-electron chi connectivity index (χ0n) is 14.5. The molecule has 6 heteroatoms. The van der Waals surface area contributed by atoms with Crippen LogP contribution in [-0.2, 0) is 9.53 Å². The van der Waals surface area contributed by atoms with Gasteiger partial charge in [-0.2, -0.15) is 0 Å². The van der Waals surface area contributed by atoms with Gasteiger partial charge in [0.1, 0.15) is 5.76 Å². The fraction of sp³-hybridized carbons (Fsp3) is 0.316. The highest BCUT2D eigenvalue weighted by Gasteiger charge is 2.13. The van der Waals surface area contributed by atoms with Crippen molar-refractivity contribution in [1.29, 1.82) is 0 Å². The van der Waals surface area contributed by atoms with Crippen molar-refractivity contribution in [3.8, 4) is 11.3 Å². The zero-order valence-corrected chi connectivity index (χ0v) is 14.5. The van der Waals surface area contributed by atoms with Crippen LogP contribution in [0.3, 0.4) is 0 Å². The number of nitrogens with one attached hydrogen (secondary N) is 1. The van der Waals surface area contributed by atoms with Crippen LogP contribution in [0.15, 0.2) is 40.8 Å². The van der Waals surface area contributed by atoms with Crippen LogP contribution < -0.4 is 5.32 Å². The summed E-state index contributed by atoms with van der Waals surface area (Å²) in [6.45, 7) is 5.21. The molecule has 1 amide bonds. The van der Waals surface area contributed by atoms with Crippen molar-refractivity contribution in [2.24, 2.45) is 0 Å². The minimum atomic E-state index is -0.399. The Hall–Kier alpha value is -2.89. The van der Waals surface area contributed by atoms with Gasteiger partial charge in [-0.1, -0.05) is 24.3 Å². The molecular weight excluding hydrogens is 322 g/mol. The second kappa shape index (κ2) is 8.28. The maximum absolute atomic E-state index is 12.0. The lowest BCUT2D eigenvalue weighted by molar-refractivity contribution is -0.147. The lowest BCUT2D eigenvalue weighted by atomic mass is 10.1. The monoisotopic (exact) mass is 343 g/mol. The van der Waals surface area contributed by atoms with E-state index in [2.05, 4.69) is 5.32 Å². The molecule has 1 N–H and O–H groups in total. The first-order chi connectivity index (χ1) is 11.9. The first kappa shape index (κ1) is 18.4. The number of hydrogen-bond donors (Lipinski definition) is 1. The molecule has 0 aliphatic carbocycles. The number of furan rings is 1. The van der Waals surface area contributed by atoms with E-state index in [1.165, 1.54) is 6.92 Å². The molecule has 0 radical (unpaired) electrons. The summed E-state index contributed by atoms with van der Waals surface area (Å²) in [7, 11) is 0. The third-order valence-electron chi connectivity index (χ3n) is 3.39. The molecular formula is C19H21NO5. The average molecular weight is 343 g/mol. The minimum Gasteiger partial charge on any atom is -0.463 e. The fourth-order valence-corrected chi connectivity index (χ4v) is 2.17. The standard InChI is InChI=1S/C19H21NO5/c1-12(2)24-18(22)10-11-20-19(23)17-9-8-16(25-17)15-6-4-14(5-7-15)13(3)21/h4-9,12H,10-11H2,1-3H3,(H,20,23). The van der Waals surface area contributed by atoms with Crippen molar-refractivity contribution in [1.82, 2.24) is 5.32 Å². The third kappa shape index (κ3) is 5.31. The number of amides is 1. The molecule has 0 aliphatic rings. The Morgan fingerprint density at radius 2 is 1.76 bits per heavy atom.